The number of benzene rings is 1. The van der Waals surface area contributed by atoms with Gasteiger partial charge in [0, 0.05) is 11.6 Å². The van der Waals surface area contributed by atoms with Gasteiger partial charge in [0.2, 0.25) is 0 Å². The lowest BCUT2D eigenvalue weighted by atomic mass is 10.0. The zero-order chi connectivity index (χ0) is 17.4. The van der Waals surface area contributed by atoms with Crippen LogP contribution in [0, 0.1) is 0 Å². The van der Waals surface area contributed by atoms with E-state index in [9.17, 15) is 9.59 Å². The van der Waals surface area contributed by atoms with Crippen LogP contribution in [-0.4, -0.2) is 26.7 Å². The first-order valence-corrected chi connectivity index (χ1v) is 8.38. The molecule has 2 aromatic heterocycles. The molecule has 0 bridgehead atoms. The van der Waals surface area contributed by atoms with Crippen molar-refractivity contribution in [1.82, 2.24) is 14.9 Å². The number of amides is 2. The van der Waals surface area contributed by atoms with E-state index in [1.807, 2.05) is 49.4 Å². The van der Waals surface area contributed by atoms with E-state index in [0.717, 1.165) is 17.3 Å². The number of nitrogens with zero attached hydrogens (tertiary/aromatic N) is 3. The van der Waals surface area contributed by atoms with E-state index in [2.05, 4.69) is 9.97 Å². The quantitative estimate of drug-likeness (QED) is 0.688. The minimum atomic E-state index is -0.271. The van der Waals surface area contributed by atoms with Gasteiger partial charge in [0.25, 0.3) is 11.8 Å². The average molecular weight is 331 g/mol. The molecule has 1 aliphatic heterocycles. The van der Waals surface area contributed by atoms with E-state index in [0.29, 0.717) is 28.9 Å². The molecular weight excluding hydrogens is 314 g/mol. The molecular formula is C20H17N3O2. The predicted molar refractivity (Wildman–Crippen MR) is 94.2 cm³/mol. The van der Waals surface area contributed by atoms with Crippen molar-refractivity contribution < 1.29 is 9.59 Å². The van der Waals surface area contributed by atoms with E-state index in [1.54, 1.807) is 6.20 Å². The zero-order valence-corrected chi connectivity index (χ0v) is 13.9. The Morgan fingerprint density at radius 3 is 2.48 bits per heavy atom. The lowest BCUT2D eigenvalue weighted by molar-refractivity contribution is 0.0640. The van der Waals surface area contributed by atoms with Crippen molar-refractivity contribution in [3.63, 3.8) is 0 Å². The first-order chi connectivity index (χ1) is 12.2. The average Bonchev–Trinajstić information content (AvgIpc) is 2.89. The number of carbonyl (C=O) groups excluding carboxylic acids is 2. The van der Waals surface area contributed by atoms with Crippen molar-refractivity contribution in [3.8, 4) is 0 Å². The van der Waals surface area contributed by atoms with E-state index in [-0.39, 0.29) is 18.4 Å². The van der Waals surface area contributed by atoms with Crippen molar-refractivity contribution in [2.45, 2.75) is 26.3 Å². The highest BCUT2D eigenvalue weighted by atomic mass is 16.2. The Morgan fingerprint density at radius 2 is 1.72 bits per heavy atom. The second kappa shape index (κ2) is 6.09. The van der Waals surface area contributed by atoms with E-state index in [4.69, 9.17) is 0 Å². The van der Waals surface area contributed by atoms with E-state index in [1.165, 1.54) is 4.90 Å². The summed E-state index contributed by atoms with van der Waals surface area (Å²) in [5, 5.41) is 0.735. The van der Waals surface area contributed by atoms with Crippen molar-refractivity contribution in [3.05, 3.63) is 71.2 Å². The minimum Gasteiger partial charge on any atom is -0.269 e. The van der Waals surface area contributed by atoms with Crippen molar-refractivity contribution in [2.24, 2.45) is 0 Å². The highest BCUT2D eigenvalue weighted by Gasteiger charge is 2.39. The second-order valence-electron chi connectivity index (χ2n) is 6.09. The summed E-state index contributed by atoms with van der Waals surface area (Å²) < 4.78 is 0. The molecule has 124 valence electrons. The van der Waals surface area contributed by atoms with Gasteiger partial charge in [-0.2, -0.15) is 0 Å². The molecule has 4 rings (SSSR count). The van der Waals surface area contributed by atoms with Crippen LogP contribution in [0.4, 0.5) is 0 Å². The van der Waals surface area contributed by atoms with Gasteiger partial charge in [0.15, 0.2) is 0 Å². The number of aryl methyl sites for hydroxylation is 1. The molecule has 0 spiro atoms. The van der Waals surface area contributed by atoms with Crippen LogP contribution < -0.4 is 0 Å². The molecule has 5 heteroatoms. The van der Waals surface area contributed by atoms with Crippen LogP contribution in [0.1, 0.15) is 45.4 Å². The van der Waals surface area contributed by atoms with Gasteiger partial charge < -0.3 is 0 Å². The number of carbonyl (C=O) groups is 2. The van der Waals surface area contributed by atoms with Gasteiger partial charge in [-0.25, -0.2) is 0 Å². The molecule has 3 heterocycles. The molecule has 5 nitrogen and oxygen atoms in total. The molecule has 1 aliphatic rings. The molecule has 25 heavy (non-hydrogen) atoms. The Labute approximate surface area is 145 Å². The molecule has 3 aromatic rings. The molecule has 0 fully saturated rings. The summed E-state index contributed by atoms with van der Waals surface area (Å²) in [5.74, 6) is -0.533. The minimum absolute atomic E-state index is 0.174. The standard InChI is InChI=1S/C20H17N3O2/c1-2-7-16-18-17(14-9-3-4-10-15(14)22-16)19(24)23(20(18)25)12-13-8-5-6-11-21-13/h3-6,8-11H,2,7,12H2,1H3. The molecule has 0 saturated carbocycles. The monoisotopic (exact) mass is 331 g/mol. The summed E-state index contributed by atoms with van der Waals surface area (Å²) >= 11 is 0. The van der Waals surface area contributed by atoms with Gasteiger partial charge in [-0.15, -0.1) is 0 Å². The molecule has 0 atom stereocenters. The summed E-state index contributed by atoms with van der Waals surface area (Å²) in [4.78, 5) is 36.2. The molecule has 1 aromatic carbocycles. The van der Waals surface area contributed by atoms with Crippen LogP contribution in [-0.2, 0) is 13.0 Å². The first-order valence-electron chi connectivity index (χ1n) is 8.38. The third-order valence-corrected chi connectivity index (χ3v) is 4.42. The van der Waals surface area contributed by atoms with Crippen LogP contribution in [0.15, 0.2) is 48.7 Å². The number of hydrogen-bond donors (Lipinski definition) is 0. The van der Waals surface area contributed by atoms with Crippen LogP contribution >= 0.6 is 0 Å². The molecule has 0 saturated heterocycles. The van der Waals surface area contributed by atoms with Crippen molar-refractivity contribution in [2.75, 3.05) is 0 Å². The smallest absolute Gasteiger partial charge is 0.263 e. The summed E-state index contributed by atoms with van der Waals surface area (Å²) in [6.07, 6.45) is 3.19. The number of para-hydroxylation sites is 1. The lowest BCUT2D eigenvalue weighted by Crippen LogP contribution is -2.29. The number of fused-ring (bicyclic) bond motifs is 3. The Bertz CT molecular complexity index is 983. The topological polar surface area (TPSA) is 63.2 Å². The maximum atomic E-state index is 13.0. The summed E-state index contributed by atoms with van der Waals surface area (Å²) in [7, 11) is 0. The SMILES string of the molecule is CCCc1nc2ccccc2c2c1C(=O)N(Cc1ccccn1)C2=O. The second-order valence-corrected chi connectivity index (χ2v) is 6.09. The third-order valence-electron chi connectivity index (χ3n) is 4.42. The fourth-order valence-corrected chi connectivity index (χ4v) is 3.29. The Kier molecular flexibility index (Phi) is 3.76. The maximum Gasteiger partial charge on any atom is 0.263 e. The zero-order valence-electron chi connectivity index (χ0n) is 13.9. The van der Waals surface area contributed by atoms with Crippen molar-refractivity contribution >= 4 is 22.7 Å². The Morgan fingerprint density at radius 1 is 0.960 bits per heavy atom. The van der Waals surface area contributed by atoms with Crippen LogP contribution in [0.3, 0.4) is 0 Å². The van der Waals surface area contributed by atoms with Gasteiger partial charge in [0.05, 0.1) is 34.6 Å². The largest absolute Gasteiger partial charge is 0.269 e. The van der Waals surface area contributed by atoms with E-state index >= 15 is 0 Å². The summed E-state index contributed by atoms with van der Waals surface area (Å²) in [5.41, 5.74) is 3.09. The van der Waals surface area contributed by atoms with Gasteiger partial charge in [-0.3, -0.25) is 24.5 Å². The molecule has 0 N–H and O–H groups in total. The van der Waals surface area contributed by atoms with Gasteiger partial charge >= 0.3 is 0 Å². The highest BCUT2D eigenvalue weighted by Crippen LogP contribution is 2.32. The molecule has 2 amide bonds. The van der Waals surface area contributed by atoms with Gasteiger partial charge in [0.1, 0.15) is 0 Å². The predicted octanol–water partition coefficient (Wildman–Crippen LogP) is 3.38. The number of imide groups is 1. The highest BCUT2D eigenvalue weighted by molar-refractivity contribution is 6.26. The van der Waals surface area contributed by atoms with Crippen molar-refractivity contribution in [1.29, 1.82) is 0 Å². The lowest BCUT2D eigenvalue weighted by Gasteiger charge is -2.13. The van der Waals surface area contributed by atoms with Crippen LogP contribution in [0.25, 0.3) is 10.9 Å². The van der Waals surface area contributed by atoms with E-state index < -0.39 is 0 Å². The number of aromatic nitrogens is 2. The summed E-state index contributed by atoms with van der Waals surface area (Å²) in [6, 6.07) is 13.0. The van der Waals surface area contributed by atoms with Crippen LogP contribution in [0.5, 0.6) is 0 Å². The van der Waals surface area contributed by atoms with Gasteiger partial charge in [-0.1, -0.05) is 37.6 Å². The summed E-state index contributed by atoms with van der Waals surface area (Å²) in [6.45, 7) is 2.21. The fraction of sp³-hybridized carbons (Fsp3) is 0.200. The van der Waals surface area contributed by atoms with Crippen LogP contribution in [0.2, 0.25) is 0 Å². The number of pyridine rings is 2. The fourth-order valence-electron chi connectivity index (χ4n) is 3.29. The Hall–Kier alpha value is -3.08. The molecule has 0 radical (unpaired) electrons. The Balaban J connectivity index is 1.86. The molecule has 0 aliphatic carbocycles. The third kappa shape index (κ3) is 2.48. The normalized spacial score (nSPS) is 13.6. The number of rotatable bonds is 4. The number of hydrogen-bond acceptors (Lipinski definition) is 4. The molecule has 0 unspecified atom stereocenters. The maximum absolute atomic E-state index is 13.0. The van der Waals surface area contributed by atoms with Gasteiger partial charge in [-0.05, 0) is 24.6 Å². The first kappa shape index (κ1) is 15.4.